The molecule has 0 bridgehead atoms. The van der Waals surface area contributed by atoms with E-state index in [2.05, 4.69) is 9.97 Å². The van der Waals surface area contributed by atoms with Crippen molar-refractivity contribution in [1.82, 2.24) is 23.6 Å². The van der Waals surface area contributed by atoms with Gasteiger partial charge in [0.15, 0.2) is 0 Å². The van der Waals surface area contributed by atoms with Crippen molar-refractivity contribution in [2.45, 2.75) is 20.4 Å². The number of hydrogen-bond donors (Lipinski definition) is 1. The second-order valence-electron chi connectivity index (χ2n) is 7.65. The molecule has 3 aromatic rings. The molecule has 10 heteroatoms. The van der Waals surface area contributed by atoms with Crippen LogP contribution < -0.4 is 5.73 Å². The number of nitrogens with two attached hydrogens (primary N) is 1. The molecule has 1 saturated heterocycles. The number of imidazole rings is 1. The first kappa shape index (κ1) is 21.9. The Bertz CT molecular complexity index is 1190. The fourth-order valence-electron chi connectivity index (χ4n) is 3.91. The van der Waals surface area contributed by atoms with Crippen LogP contribution in [0, 0.1) is 13.8 Å². The summed E-state index contributed by atoms with van der Waals surface area (Å²) in [6, 6.07) is 5.85. The van der Waals surface area contributed by atoms with Crippen LogP contribution in [-0.2, 0) is 17.5 Å². The highest BCUT2D eigenvalue weighted by Crippen LogP contribution is 2.33. The normalized spacial score (nSPS) is 16.1. The van der Waals surface area contributed by atoms with E-state index in [9.17, 15) is 9.00 Å². The van der Waals surface area contributed by atoms with Crippen LogP contribution in [0.2, 0.25) is 5.02 Å². The van der Waals surface area contributed by atoms with Gasteiger partial charge in [-0.1, -0.05) is 23.7 Å². The van der Waals surface area contributed by atoms with Crippen LogP contribution in [0.5, 0.6) is 0 Å². The van der Waals surface area contributed by atoms with Crippen LogP contribution in [0.25, 0.3) is 17.0 Å². The molecule has 0 radical (unpaired) electrons. The highest BCUT2D eigenvalue weighted by molar-refractivity contribution is 7.81. The van der Waals surface area contributed by atoms with Crippen molar-refractivity contribution < 1.29 is 9.00 Å². The second kappa shape index (κ2) is 8.66. The molecule has 164 valence electrons. The Kier molecular flexibility index (Phi) is 6.11. The molecule has 2 N–H and O–H groups in total. The summed E-state index contributed by atoms with van der Waals surface area (Å²) < 4.78 is 15.3. The molecular weight excluding hydrogens is 436 g/mol. The fourth-order valence-corrected chi connectivity index (χ4v) is 4.91. The van der Waals surface area contributed by atoms with E-state index < -0.39 is 11.0 Å². The molecule has 1 unspecified atom stereocenters. The van der Waals surface area contributed by atoms with Crippen molar-refractivity contribution in [1.29, 1.82) is 0 Å². The minimum Gasteiger partial charge on any atom is -0.335 e. The van der Waals surface area contributed by atoms with Gasteiger partial charge in [-0.15, -0.1) is 0 Å². The van der Waals surface area contributed by atoms with E-state index in [4.69, 9.17) is 17.3 Å². The van der Waals surface area contributed by atoms with Crippen molar-refractivity contribution in [3.63, 3.8) is 0 Å². The lowest BCUT2D eigenvalue weighted by Crippen LogP contribution is -2.49. The number of aryl methyl sites for hydroxylation is 2. The lowest BCUT2D eigenvalue weighted by atomic mass is 10.0. The molecule has 1 aromatic carbocycles. The Morgan fingerprint density at radius 1 is 1.19 bits per heavy atom. The van der Waals surface area contributed by atoms with Crippen molar-refractivity contribution >= 4 is 34.3 Å². The number of halogens is 1. The quantitative estimate of drug-likeness (QED) is 0.643. The molecule has 31 heavy (non-hydrogen) atoms. The first-order valence-corrected chi connectivity index (χ1v) is 11.9. The number of fused-ring (bicyclic) bond motifs is 1. The van der Waals surface area contributed by atoms with Gasteiger partial charge in [0.1, 0.15) is 5.69 Å². The highest BCUT2D eigenvalue weighted by atomic mass is 35.5. The predicted molar refractivity (Wildman–Crippen MR) is 122 cm³/mol. The van der Waals surface area contributed by atoms with Gasteiger partial charge in [-0.2, -0.15) is 0 Å². The summed E-state index contributed by atoms with van der Waals surface area (Å²) in [5.74, 6) is 0.262. The zero-order chi connectivity index (χ0) is 22.3. The van der Waals surface area contributed by atoms with Crippen LogP contribution in [0.1, 0.15) is 27.3 Å². The van der Waals surface area contributed by atoms with Gasteiger partial charge in [0.25, 0.3) is 5.91 Å². The third kappa shape index (κ3) is 4.10. The summed E-state index contributed by atoms with van der Waals surface area (Å²) in [5.41, 5.74) is 10.7. The molecule has 0 spiro atoms. The van der Waals surface area contributed by atoms with E-state index >= 15 is 0 Å². The number of nitrogens with zero attached hydrogens (tertiary/aromatic N) is 5. The Morgan fingerprint density at radius 2 is 1.90 bits per heavy atom. The third-order valence-corrected chi connectivity index (χ3v) is 7.02. The monoisotopic (exact) mass is 460 g/mol. The standard InChI is InChI=1S/C21H25ClN6O2S/c1-13-4-5-15(17(22)10-13)19-16(11-23)14(2)24-21-25-18(12-28(19)21)20(29)26-6-8-27(9-7-26)31(3)30/h4-5,10,12H,6-9,11,23H2,1-3H3. The molecule has 0 saturated carbocycles. The number of aromatic nitrogens is 3. The number of hydrogen-bond acceptors (Lipinski definition) is 5. The maximum absolute atomic E-state index is 13.1. The van der Waals surface area contributed by atoms with E-state index in [-0.39, 0.29) is 12.5 Å². The molecule has 0 aliphatic carbocycles. The Balaban J connectivity index is 1.77. The average Bonchev–Trinajstić information content (AvgIpc) is 3.16. The summed E-state index contributed by atoms with van der Waals surface area (Å²) in [6.45, 7) is 6.30. The first-order chi connectivity index (χ1) is 14.8. The average molecular weight is 461 g/mol. The smallest absolute Gasteiger partial charge is 0.274 e. The summed E-state index contributed by atoms with van der Waals surface area (Å²) in [7, 11) is -1.03. The lowest BCUT2D eigenvalue weighted by Gasteiger charge is -2.32. The summed E-state index contributed by atoms with van der Waals surface area (Å²) in [4.78, 5) is 23.9. The number of amides is 1. The van der Waals surface area contributed by atoms with Gasteiger partial charge < -0.3 is 10.6 Å². The number of piperazine rings is 1. The summed E-state index contributed by atoms with van der Waals surface area (Å²) in [6.07, 6.45) is 3.36. The van der Waals surface area contributed by atoms with Crippen LogP contribution in [0.15, 0.2) is 24.4 Å². The zero-order valence-corrected chi connectivity index (χ0v) is 19.3. The number of carbonyl (C=O) groups excluding carboxylic acids is 1. The van der Waals surface area contributed by atoms with E-state index in [1.807, 2.05) is 36.4 Å². The van der Waals surface area contributed by atoms with E-state index in [0.29, 0.717) is 42.7 Å². The number of rotatable bonds is 4. The summed E-state index contributed by atoms with van der Waals surface area (Å²) >= 11 is 6.58. The van der Waals surface area contributed by atoms with Gasteiger partial charge in [-0.25, -0.2) is 18.5 Å². The van der Waals surface area contributed by atoms with E-state index in [0.717, 1.165) is 28.1 Å². The molecule has 1 aliphatic heterocycles. The molecule has 4 rings (SSSR count). The largest absolute Gasteiger partial charge is 0.335 e. The molecule has 1 fully saturated rings. The minimum atomic E-state index is -1.03. The molecule has 1 amide bonds. The molecule has 3 heterocycles. The molecule has 2 aromatic heterocycles. The van der Waals surface area contributed by atoms with Gasteiger partial charge >= 0.3 is 0 Å². The Labute approximate surface area is 188 Å². The Morgan fingerprint density at radius 3 is 2.52 bits per heavy atom. The fraction of sp³-hybridized carbons (Fsp3) is 0.381. The van der Waals surface area contributed by atoms with Gasteiger partial charge in [0.2, 0.25) is 5.78 Å². The third-order valence-electron chi connectivity index (χ3n) is 5.61. The van der Waals surface area contributed by atoms with Crippen molar-refractivity contribution in [3.8, 4) is 11.3 Å². The SMILES string of the molecule is Cc1ccc(-c2c(CN)c(C)nc3nc(C(=O)N4CCN(S(C)=O)CC4)cn23)c(Cl)c1. The van der Waals surface area contributed by atoms with Gasteiger partial charge in [0.05, 0.1) is 21.7 Å². The predicted octanol–water partition coefficient (Wildman–Crippen LogP) is 2.18. The van der Waals surface area contributed by atoms with Crippen molar-refractivity contribution in [2.75, 3.05) is 32.4 Å². The molecule has 1 aliphatic rings. The minimum absolute atomic E-state index is 0.167. The second-order valence-corrected chi connectivity index (χ2v) is 9.42. The van der Waals surface area contributed by atoms with Crippen LogP contribution in [0.4, 0.5) is 0 Å². The molecular formula is C21H25ClN6O2S. The van der Waals surface area contributed by atoms with E-state index in [1.54, 1.807) is 21.8 Å². The van der Waals surface area contributed by atoms with Gasteiger partial charge in [-0.05, 0) is 25.5 Å². The van der Waals surface area contributed by atoms with Crippen molar-refractivity contribution in [2.24, 2.45) is 5.73 Å². The zero-order valence-electron chi connectivity index (χ0n) is 17.8. The summed E-state index contributed by atoms with van der Waals surface area (Å²) in [5, 5.41) is 0.604. The van der Waals surface area contributed by atoms with E-state index in [1.165, 1.54) is 0 Å². The lowest BCUT2D eigenvalue weighted by molar-refractivity contribution is 0.0696. The number of benzene rings is 1. The maximum Gasteiger partial charge on any atom is 0.274 e. The van der Waals surface area contributed by atoms with Crippen molar-refractivity contribution in [3.05, 3.63) is 51.9 Å². The van der Waals surface area contributed by atoms with Crippen LogP contribution in [0.3, 0.4) is 0 Å². The number of carbonyl (C=O) groups is 1. The Hall–Kier alpha value is -2.33. The molecule has 1 atom stereocenters. The topological polar surface area (TPSA) is 96.8 Å². The maximum atomic E-state index is 13.1. The van der Waals surface area contributed by atoms with Crippen LogP contribution in [-0.4, -0.2) is 66.1 Å². The highest BCUT2D eigenvalue weighted by Gasteiger charge is 2.26. The first-order valence-electron chi connectivity index (χ1n) is 10.0. The molecule has 8 nitrogen and oxygen atoms in total. The van der Waals surface area contributed by atoms with Crippen LogP contribution >= 0.6 is 11.6 Å². The van der Waals surface area contributed by atoms with Gasteiger partial charge in [0, 0.05) is 62.0 Å². The van der Waals surface area contributed by atoms with Gasteiger partial charge in [-0.3, -0.25) is 9.20 Å².